The van der Waals surface area contributed by atoms with Crippen molar-refractivity contribution in [1.82, 2.24) is 10.4 Å². The van der Waals surface area contributed by atoms with E-state index >= 15 is 0 Å². The molecule has 3 rings (SSSR count). The molecule has 1 aromatic heterocycles. The van der Waals surface area contributed by atoms with Gasteiger partial charge in [-0.2, -0.15) is 5.10 Å². The molecule has 0 amide bonds. The highest BCUT2D eigenvalue weighted by atomic mass is 15.3. The van der Waals surface area contributed by atoms with Crippen LogP contribution in [0.1, 0.15) is 32.3 Å². The van der Waals surface area contributed by atoms with Crippen molar-refractivity contribution in [1.29, 1.82) is 0 Å². The molecule has 4 heteroatoms. The summed E-state index contributed by atoms with van der Waals surface area (Å²) >= 11 is 0. The zero-order valence-electron chi connectivity index (χ0n) is 13.6. The van der Waals surface area contributed by atoms with E-state index in [1.165, 1.54) is 5.56 Å². The molecule has 0 bridgehead atoms. The summed E-state index contributed by atoms with van der Waals surface area (Å²) in [5.74, 6) is 0. The molecule has 0 saturated heterocycles. The summed E-state index contributed by atoms with van der Waals surface area (Å²) < 4.78 is 0. The Balaban J connectivity index is 2.01. The van der Waals surface area contributed by atoms with E-state index in [-0.39, 0.29) is 0 Å². The molecule has 0 atom stereocenters. The van der Waals surface area contributed by atoms with Gasteiger partial charge in [0.15, 0.2) is 0 Å². The highest BCUT2D eigenvalue weighted by Crippen LogP contribution is 2.28. The smallest absolute Gasteiger partial charge is 0.0703 e. The van der Waals surface area contributed by atoms with Crippen LogP contribution in [0.4, 0.5) is 5.69 Å². The largest absolute Gasteiger partial charge is 0.382 e. The van der Waals surface area contributed by atoms with Gasteiger partial charge in [-0.15, -0.1) is 0 Å². The second kappa shape index (κ2) is 6.65. The number of benzene rings is 1. The maximum absolute atomic E-state index is 4.47. The van der Waals surface area contributed by atoms with Gasteiger partial charge in [-0.25, -0.2) is 0 Å². The molecule has 0 unspecified atom stereocenters. The Labute approximate surface area is 137 Å². The van der Waals surface area contributed by atoms with Crippen LogP contribution in [-0.2, 0) is 0 Å². The maximum atomic E-state index is 4.47. The average molecular weight is 306 g/mol. The zero-order chi connectivity index (χ0) is 16.2. The van der Waals surface area contributed by atoms with E-state index in [0.717, 1.165) is 41.1 Å². The Hall–Kier alpha value is -2.62. The van der Waals surface area contributed by atoms with E-state index in [0.29, 0.717) is 6.04 Å². The summed E-state index contributed by atoms with van der Waals surface area (Å²) in [6.45, 7) is 8.22. The summed E-state index contributed by atoms with van der Waals surface area (Å²) in [4.78, 5) is 4.09. The quantitative estimate of drug-likeness (QED) is 0.891. The summed E-state index contributed by atoms with van der Waals surface area (Å²) in [6.07, 6.45) is 5.47. The fraction of sp³-hybridized carbons (Fsp3) is 0.263. The van der Waals surface area contributed by atoms with Crippen LogP contribution in [0.15, 0.2) is 60.1 Å². The maximum Gasteiger partial charge on any atom is 0.0703 e. The number of aromatic nitrogens is 1. The van der Waals surface area contributed by atoms with E-state index in [1.807, 2.05) is 24.5 Å². The number of anilines is 1. The summed E-state index contributed by atoms with van der Waals surface area (Å²) in [6, 6.07) is 10.9. The lowest BCUT2D eigenvalue weighted by Crippen LogP contribution is -2.20. The number of nitrogens with zero attached hydrogens (tertiary/aromatic N) is 2. The van der Waals surface area contributed by atoms with Gasteiger partial charge >= 0.3 is 0 Å². The van der Waals surface area contributed by atoms with Crippen molar-refractivity contribution < 1.29 is 0 Å². The molecular weight excluding hydrogens is 284 g/mol. The first kappa shape index (κ1) is 15.3. The van der Waals surface area contributed by atoms with Crippen molar-refractivity contribution in [3.63, 3.8) is 0 Å². The number of allylic oxidation sites excluding steroid dienone is 1. The van der Waals surface area contributed by atoms with Gasteiger partial charge in [0.1, 0.15) is 0 Å². The third-order valence-corrected chi connectivity index (χ3v) is 3.80. The first-order valence-electron chi connectivity index (χ1n) is 7.95. The van der Waals surface area contributed by atoms with Crippen LogP contribution in [0.3, 0.4) is 0 Å². The minimum Gasteiger partial charge on any atom is -0.382 e. The molecule has 2 N–H and O–H groups in total. The van der Waals surface area contributed by atoms with Gasteiger partial charge in [-0.05, 0) is 56.0 Å². The SMILES string of the molecule is C=C1CCC(c2ccc(-c3ccncc3)cc2NC(C)C)=NN1. The van der Waals surface area contributed by atoms with Gasteiger partial charge in [0.2, 0.25) is 0 Å². The minimum absolute atomic E-state index is 0.355. The Morgan fingerprint density at radius 1 is 1.09 bits per heavy atom. The molecule has 23 heavy (non-hydrogen) atoms. The van der Waals surface area contributed by atoms with Crippen molar-refractivity contribution in [2.75, 3.05) is 5.32 Å². The monoisotopic (exact) mass is 306 g/mol. The Kier molecular flexibility index (Phi) is 4.42. The summed E-state index contributed by atoms with van der Waals surface area (Å²) in [7, 11) is 0. The minimum atomic E-state index is 0.355. The van der Waals surface area contributed by atoms with Crippen LogP contribution in [0.5, 0.6) is 0 Å². The molecule has 0 aliphatic carbocycles. The number of hydrazone groups is 1. The summed E-state index contributed by atoms with van der Waals surface area (Å²) in [5, 5.41) is 8.01. The van der Waals surface area contributed by atoms with Crippen LogP contribution >= 0.6 is 0 Å². The Morgan fingerprint density at radius 2 is 1.87 bits per heavy atom. The standard InChI is InChI=1S/C19H22N4/c1-13(2)21-19-12-16(15-8-10-20-11-9-15)5-6-17(19)18-7-4-14(3)22-23-18/h5-6,8-13,21-22H,3-4,7H2,1-2H3. The first-order chi connectivity index (χ1) is 11.1. The van der Waals surface area contributed by atoms with Crippen molar-refractivity contribution in [3.05, 3.63) is 60.6 Å². The van der Waals surface area contributed by atoms with Gasteiger partial charge in [-0.1, -0.05) is 18.7 Å². The van der Waals surface area contributed by atoms with Crippen LogP contribution in [0.2, 0.25) is 0 Å². The van der Waals surface area contributed by atoms with E-state index in [9.17, 15) is 0 Å². The van der Waals surface area contributed by atoms with Crippen LogP contribution in [0.25, 0.3) is 11.1 Å². The van der Waals surface area contributed by atoms with Gasteiger partial charge in [-0.3, -0.25) is 10.4 Å². The lowest BCUT2D eigenvalue weighted by atomic mass is 9.97. The van der Waals surface area contributed by atoms with E-state index in [4.69, 9.17) is 0 Å². The molecule has 1 aliphatic rings. The number of rotatable bonds is 4. The highest BCUT2D eigenvalue weighted by molar-refractivity contribution is 6.06. The summed E-state index contributed by atoms with van der Waals surface area (Å²) in [5.41, 5.74) is 9.66. The third kappa shape index (κ3) is 3.59. The molecule has 1 aromatic carbocycles. The second-order valence-corrected chi connectivity index (χ2v) is 6.07. The number of hydrogen-bond acceptors (Lipinski definition) is 4. The molecule has 0 radical (unpaired) electrons. The molecule has 2 heterocycles. The predicted molar refractivity (Wildman–Crippen MR) is 96.5 cm³/mol. The molecule has 4 nitrogen and oxygen atoms in total. The van der Waals surface area contributed by atoms with Gasteiger partial charge < -0.3 is 5.32 Å². The van der Waals surface area contributed by atoms with Crippen molar-refractivity contribution in [2.24, 2.45) is 5.10 Å². The molecule has 1 aliphatic heterocycles. The Morgan fingerprint density at radius 3 is 2.52 bits per heavy atom. The van der Waals surface area contributed by atoms with Crippen molar-refractivity contribution >= 4 is 11.4 Å². The molecule has 2 aromatic rings. The van der Waals surface area contributed by atoms with E-state index < -0.39 is 0 Å². The molecule has 0 fully saturated rings. The van der Waals surface area contributed by atoms with Gasteiger partial charge in [0.25, 0.3) is 0 Å². The fourth-order valence-electron chi connectivity index (χ4n) is 2.67. The van der Waals surface area contributed by atoms with Crippen LogP contribution in [-0.4, -0.2) is 16.7 Å². The lowest BCUT2D eigenvalue weighted by molar-refractivity contribution is 0.770. The fourth-order valence-corrected chi connectivity index (χ4v) is 2.67. The van der Waals surface area contributed by atoms with E-state index in [2.05, 4.69) is 59.5 Å². The Bertz CT molecular complexity index is 732. The molecule has 118 valence electrons. The lowest BCUT2D eigenvalue weighted by Gasteiger charge is -2.20. The van der Waals surface area contributed by atoms with Crippen molar-refractivity contribution in [3.8, 4) is 11.1 Å². The predicted octanol–water partition coefficient (Wildman–Crippen LogP) is 4.17. The first-order valence-corrected chi connectivity index (χ1v) is 7.95. The zero-order valence-corrected chi connectivity index (χ0v) is 13.6. The number of pyridine rings is 1. The van der Waals surface area contributed by atoms with Crippen LogP contribution in [0, 0.1) is 0 Å². The topological polar surface area (TPSA) is 49.3 Å². The van der Waals surface area contributed by atoms with E-state index in [1.54, 1.807) is 0 Å². The molecule has 0 spiro atoms. The number of hydrogen-bond donors (Lipinski definition) is 2. The van der Waals surface area contributed by atoms with Gasteiger partial charge in [0.05, 0.1) is 5.71 Å². The average Bonchev–Trinajstić information content (AvgIpc) is 2.56. The third-order valence-electron chi connectivity index (χ3n) is 3.80. The van der Waals surface area contributed by atoms with Crippen LogP contribution < -0.4 is 10.7 Å². The molecular formula is C19H22N4. The molecule has 0 saturated carbocycles. The van der Waals surface area contributed by atoms with Gasteiger partial charge in [0, 0.05) is 35.4 Å². The normalized spacial score (nSPS) is 14.4. The second-order valence-electron chi connectivity index (χ2n) is 6.07. The number of nitrogens with one attached hydrogen (secondary N) is 2. The highest BCUT2D eigenvalue weighted by Gasteiger charge is 2.15. The van der Waals surface area contributed by atoms with Crippen molar-refractivity contribution in [2.45, 2.75) is 32.7 Å².